The van der Waals surface area contributed by atoms with E-state index in [0.29, 0.717) is 18.9 Å². The molecule has 8 heteroatoms. The number of guanidine groups is 1. The lowest BCUT2D eigenvalue weighted by Gasteiger charge is -2.16. The average Bonchev–Trinajstić information content (AvgIpc) is 2.88. The minimum Gasteiger partial charge on any atom is -0.497 e. The van der Waals surface area contributed by atoms with Gasteiger partial charge in [-0.15, -0.1) is 0 Å². The summed E-state index contributed by atoms with van der Waals surface area (Å²) in [5.74, 6) is 1.30. The number of nitriles is 1. The van der Waals surface area contributed by atoms with E-state index in [-0.39, 0.29) is 5.91 Å². The molecule has 0 heterocycles. The Bertz CT molecular complexity index is 1010. The maximum atomic E-state index is 12.1. The molecule has 0 saturated carbocycles. The number of benzene rings is 2. The van der Waals surface area contributed by atoms with Crippen molar-refractivity contribution >= 4 is 23.6 Å². The molecule has 0 aliphatic rings. The lowest BCUT2D eigenvalue weighted by Crippen LogP contribution is -2.26. The second-order valence-corrected chi connectivity index (χ2v) is 8.12. The van der Waals surface area contributed by atoms with Crippen LogP contribution < -0.4 is 20.7 Å². The first-order valence-electron chi connectivity index (χ1n) is 11.8. The third-order valence-corrected chi connectivity index (χ3v) is 5.39. The standard InChI is InChI=1S/C27H36N6O2/c1-29-27(31-21-28)32-24-14-12-22(13-15-24)8-7-11-26(34)30-17-4-5-18-33(2)19-16-23-9-6-10-25(20-23)35-3/h6-10,12-15,20H,4-5,11,16-19H2,1-3H3,(H,30,34)(H2,29,31,32). The van der Waals surface area contributed by atoms with Crippen LogP contribution in [0.2, 0.25) is 0 Å². The predicted molar refractivity (Wildman–Crippen MR) is 142 cm³/mol. The molecule has 0 saturated heterocycles. The van der Waals surface area contributed by atoms with Gasteiger partial charge in [0.2, 0.25) is 11.9 Å². The maximum absolute atomic E-state index is 12.1. The second kappa shape index (κ2) is 15.9. The molecule has 2 rings (SSSR count). The molecule has 0 spiro atoms. The fourth-order valence-corrected chi connectivity index (χ4v) is 3.38. The van der Waals surface area contributed by atoms with Crippen LogP contribution in [-0.2, 0) is 11.2 Å². The zero-order valence-corrected chi connectivity index (χ0v) is 20.9. The van der Waals surface area contributed by atoms with Gasteiger partial charge in [0.05, 0.1) is 7.11 Å². The Morgan fingerprint density at radius 1 is 1.17 bits per heavy atom. The van der Waals surface area contributed by atoms with E-state index in [1.165, 1.54) is 5.56 Å². The van der Waals surface area contributed by atoms with Crippen LogP contribution in [0, 0.1) is 11.5 Å². The molecule has 8 nitrogen and oxygen atoms in total. The Balaban J connectivity index is 1.57. The lowest BCUT2D eigenvalue weighted by molar-refractivity contribution is -0.120. The van der Waals surface area contributed by atoms with Crippen molar-refractivity contribution in [3.8, 4) is 11.9 Å². The summed E-state index contributed by atoms with van der Waals surface area (Å²) in [7, 11) is 5.42. The van der Waals surface area contributed by atoms with Crippen molar-refractivity contribution in [3.63, 3.8) is 0 Å². The van der Waals surface area contributed by atoms with Crippen molar-refractivity contribution in [2.45, 2.75) is 25.7 Å². The summed E-state index contributed by atoms with van der Waals surface area (Å²) in [5, 5.41) is 17.1. The van der Waals surface area contributed by atoms with Gasteiger partial charge in [-0.3, -0.25) is 15.1 Å². The van der Waals surface area contributed by atoms with E-state index >= 15 is 0 Å². The van der Waals surface area contributed by atoms with Crippen LogP contribution in [0.4, 0.5) is 5.69 Å². The molecule has 0 bridgehead atoms. The first kappa shape index (κ1) is 27.4. The first-order chi connectivity index (χ1) is 17.0. The van der Waals surface area contributed by atoms with Crippen LogP contribution in [0.3, 0.4) is 0 Å². The van der Waals surface area contributed by atoms with Gasteiger partial charge in [0.15, 0.2) is 6.19 Å². The van der Waals surface area contributed by atoms with Gasteiger partial charge in [-0.25, -0.2) is 0 Å². The summed E-state index contributed by atoms with van der Waals surface area (Å²) in [6.07, 6.45) is 8.94. The van der Waals surface area contributed by atoms with Gasteiger partial charge < -0.3 is 20.3 Å². The van der Waals surface area contributed by atoms with E-state index in [1.807, 2.05) is 54.7 Å². The smallest absolute Gasteiger partial charge is 0.223 e. The van der Waals surface area contributed by atoms with Gasteiger partial charge in [0.1, 0.15) is 5.75 Å². The molecule has 1 amide bonds. The quantitative estimate of drug-likeness (QED) is 0.134. The van der Waals surface area contributed by atoms with Crippen LogP contribution in [0.5, 0.6) is 5.75 Å². The summed E-state index contributed by atoms with van der Waals surface area (Å²) in [4.78, 5) is 18.3. The van der Waals surface area contributed by atoms with Gasteiger partial charge >= 0.3 is 0 Å². The van der Waals surface area contributed by atoms with Gasteiger partial charge in [0.25, 0.3) is 0 Å². The summed E-state index contributed by atoms with van der Waals surface area (Å²) in [6, 6.07) is 15.8. The number of nitrogens with one attached hydrogen (secondary N) is 3. The van der Waals surface area contributed by atoms with Crippen molar-refractivity contribution in [3.05, 3.63) is 65.7 Å². The van der Waals surface area contributed by atoms with E-state index in [1.54, 1.807) is 14.2 Å². The predicted octanol–water partition coefficient (Wildman–Crippen LogP) is 3.64. The second-order valence-electron chi connectivity index (χ2n) is 8.12. The highest BCUT2D eigenvalue weighted by Crippen LogP contribution is 2.13. The third kappa shape index (κ3) is 11.2. The maximum Gasteiger partial charge on any atom is 0.223 e. The molecule has 3 N–H and O–H groups in total. The van der Waals surface area contributed by atoms with Gasteiger partial charge in [-0.1, -0.05) is 36.4 Å². The Kier molecular flexibility index (Phi) is 12.5. The van der Waals surface area contributed by atoms with Crippen molar-refractivity contribution in [1.82, 2.24) is 15.5 Å². The zero-order chi connectivity index (χ0) is 25.3. The third-order valence-electron chi connectivity index (χ3n) is 5.39. The number of methoxy groups -OCH3 is 1. The van der Waals surface area contributed by atoms with Gasteiger partial charge in [-0.05, 0) is 68.2 Å². The van der Waals surface area contributed by atoms with E-state index in [4.69, 9.17) is 10.00 Å². The molecule has 0 aliphatic heterocycles. The number of ether oxygens (including phenoxy) is 1. The first-order valence-corrected chi connectivity index (χ1v) is 11.8. The number of rotatable bonds is 13. The fourth-order valence-electron chi connectivity index (χ4n) is 3.38. The van der Waals surface area contributed by atoms with Crippen LogP contribution >= 0.6 is 0 Å². The fraction of sp³-hybridized carbons (Fsp3) is 0.370. The van der Waals surface area contributed by atoms with Crippen molar-refractivity contribution in [1.29, 1.82) is 5.26 Å². The molecular formula is C27H36N6O2. The highest BCUT2D eigenvalue weighted by atomic mass is 16.5. The van der Waals surface area contributed by atoms with Gasteiger partial charge in [-0.2, -0.15) is 5.26 Å². The van der Waals surface area contributed by atoms with Crippen LogP contribution in [0.15, 0.2) is 59.6 Å². The lowest BCUT2D eigenvalue weighted by atomic mass is 10.1. The van der Waals surface area contributed by atoms with Gasteiger partial charge in [0, 0.05) is 32.2 Å². The largest absolute Gasteiger partial charge is 0.497 e. The molecule has 2 aromatic carbocycles. The molecule has 0 unspecified atom stereocenters. The summed E-state index contributed by atoms with van der Waals surface area (Å²) in [5.41, 5.74) is 3.08. The number of anilines is 1. The minimum atomic E-state index is 0.0253. The molecule has 0 aliphatic carbocycles. The summed E-state index contributed by atoms with van der Waals surface area (Å²) < 4.78 is 5.28. The molecule has 0 atom stereocenters. The van der Waals surface area contributed by atoms with E-state index in [2.05, 4.69) is 45.0 Å². The summed E-state index contributed by atoms with van der Waals surface area (Å²) in [6.45, 7) is 2.68. The Morgan fingerprint density at radius 3 is 2.69 bits per heavy atom. The Morgan fingerprint density at radius 2 is 1.97 bits per heavy atom. The molecule has 35 heavy (non-hydrogen) atoms. The monoisotopic (exact) mass is 476 g/mol. The number of nitrogens with zero attached hydrogens (tertiary/aromatic N) is 3. The number of likely N-dealkylation sites (N-methyl/N-ethyl adjacent to an activating group) is 1. The highest BCUT2D eigenvalue weighted by molar-refractivity contribution is 5.94. The van der Waals surface area contributed by atoms with Crippen molar-refractivity contribution in [2.24, 2.45) is 4.99 Å². The minimum absolute atomic E-state index is 0.0253. The number of carbonyl (C=O) groups is 1. The number of hydrogen-bond donors (Lipinski definition) is 3. The molecule has 186 valence electrons. The highest BCUT2D eigenvalue weighted by Gasteiger charge is 2.02. The van der Waals surface area contributed by atoms with Crippen LogP contribution in [0.1, 0.15) is 30.4 Å². The Labute approximate surface area is 208 Å². The number of carbonyl (C=O) groups excluding carboxylic acids is 1. The molecular weight excluding hydrogens is 440 g/mol. The van der Waals surface area contributed by atoms with Crippen LogP contribution in [0.25, 0.3) is 6.08 Å². The zero-order valence-electron chi connectivity index (χ0n) is 20.9. The SMILES string of the molecule is CN=C(NC#N)Nc1ccc(C=CCC(=O)NCCCCN(C)CCc2cccc(OC)c2)cc1. The summed E-state index contributed by atoms with van der Waals surface area (Å²) >= 11 is 0. The normalized spacial score (nSPS) is 11.3. The number of unbranched alkanes of at least 4 members (excludes halogenated alkanes) is 1. The molecule has 0 aromatic heterocycles. The van der Waals surface area contributed by atoms with E-state index < -0.39 is 0 Å². The Hall–Kier alpha value is -3.83. The number of aliphatic imine (C=N–C) groups is 1. The number of amides is 1. The average molecular weight is 477 g/mol. The number of hydrogen-bond acceptors (Lipinski definition) is 5. The topological polar surface area (TPSA) is 102 Å². The van der Waals surface area contributed by atoms with E-state index in [9.17, 15) is 4.79 Å². The molecule has 0 radical (unpaired) electrons. The van der Waals surface area contributed by atoms with Crippen molar-refractivity contribution < 1.29 is 9.53 Å². The van der Waals surface area contributed by atoms with E-state index in [0.717, 1.165) is 49.4 Å². The van der Waals surface area contributed by atoms with Crippen LogP contribution in [-0.4, -0.2) is 57.6 Å². The molecule has 2 aromatic rings. The van der Waals surface area contributed by atoms with Crippen molar-refractivity contribution in [2.75, 3.05) is 46.2 Å². The molecule has 0 fully saturated rings.